The van der Waals surface area contributed by atoms with Gasteiger partial charge in [0.15, 0.2) is 23.1 Å². The molecule has 2 aliphatic rings. The largest absolute Gasteiger partial charge is 0.396 e. The smallest absolute Gasteiger partial charge is 0.247 e. The molecule has 85 heavy (non-hydrogen) atoms. The molecule has 22 nitrogen and oxygen atoms in total. The first-order chi connectivity index (χ1) is 40.1. The molecule has 1 saturated carbocycles. The van der Waals surface area contributed by atoms with Crippen molar-refractivity contribution in [3.63, 3.8) is 0 Å². The molecule has 11 N–H and O–H groups in total. The van der Waals surface area contributed by atoms with Gasteiger partial charge in [0, 0.05) is 55.8 Å². The lowest BCUT2D eigenvalue weighted by Crippen LogP contribution is -2.61. The first-order valence-electron chi connectivity index (χ1n) is 30.5. The predicted octanol–water partition coefficient (Wildman–Crippen LogP) is 3.01. The second kappa shape index (κ2) is 34.5. The maximum Gasteiger partial charge on any atom is 0.247 e. The van der Waals surface area contributed by atoms with Crippen LogP contribution >= 0.6 is 0 Å². The Morgan fingerprint density at radius 2 is 1.22 bits per heavy atom. The summed E-state index contributed by atoms with van der Waals surface area (Å²) in [6, 6.07) is 2.08. The lowest BCUT2D eigenvalue weighted by molar-refractivity contribution is -0.138. The molecule has 0 bridgehead atoms. The molecule has 1 spiro atoms. The first kappa shape index (κ1) is 72.6. The van der Waals surface area contributed by atoms with Gasteiger partial charge in [0.1, 0.15) is 17.6 Å². The highest BCUT2D eigenvalue weighted by Gasteiger charge is 2.60. The summed E-state index contributed by atoms with van der Waals surface area (Å²) in [5, 5.41) is 40.4. The summed E-state index contributed by atoms with van der Waals surface area (Å²) < 4.78 is 0. The SMILES string of the molecule is C=CC1CC12NC(=O)[C@H](C)CC(=O)[C@H](NC(=O)[C@H](CO)CC(=O)[C@@H](NC(=O)[C@H](CC(=O)[C@@H](CCC(N)=O)NC(=O)[C@H](CO)CC(=O)[C@@H](NC(=O)[C@H](CC)Cc1ccccc1)[C@@H](C)CC)[C@@H](C)CC)[C@@H](C)CC)[C@H](C)NC(=O)[C@H]([C@@H](C)CC)NC2=O. The summed E-state index contributed by atoms with van der Waals surface area (Å²) in [6.07, 6.45) is 1.71. The molecule has 0 radical (unpaired) electrons. The van der Waals surface area contributed by atoms with Crippen LogP contribution in [0, 0.1) is 59.2 Å². The molecule has 22 heteroatoms. The lowest BCUT2D eigenvalue weighted by Gasteiger charge is -2.31. The van der Waals surface area contributed by atoms with Gasteiger partial charge in [-0.05, 0) is 61.8 Å². The Bertz CT molecular complexity index is 2530. The van der Waals surface area contributed by atoms with Crippen LogP contribution in [0.5, 0.6) is 0 Å². The molecule has 1 aromatic rings. The van der Waals surface area contributed by atoms with Gasteiger partial charge in [-0.25, -0.2) is 0 Å². The number of nitrogens with two attached hydrogens (primary N) is 1. The van der Waals surface area contributed by atoms with Crippen molar-refractivity contribution in [1.82, 2.24) is 37.2 Å². The molecule has 1 heterocycles. The van der Waals surface area contributed by atoms with E-state index in [2.05, 4.69) is 43.8 Å². The van der Waals surface area contributed by atoms with Crippen LogP contribution in [0.1, 0.15) is 159 Å². The quantitative estimate of drug-likeness (QED) is 0.0444. The molecule has 1 aromatic carbocycles. The Hall–Kier alpha value is -6.68. The van der Waals surface area contributed by atoms with Crippen molar-refractivity contribution in [2.24, 2.45) is 64.9 Å². The Balaban J connectivity index is 1.85. The van der Waals surface area contributed by atoms with Crippen LogP contribution in [0.15, 0.2) is 43.0 Å². The van der Waals surface area contributed by atoms with E-state index < -0.39 is 198 Å². The van der Waals surface area contributed by atoms with Crippen molar-refractivity contribution < 1.29 is 67.7 Å². The number of benzene rings is 1. The van der Waals surface area contributed by atoms with Crippen LogP contribution < -0.4 is 43.0 Å². The minimum Gasteiger partial charge on any atom is -0.396 e. The van der Waals surface area contributed by atoms with Gasteiger partial charge in [-0.15, -0.1) is 6.58 Å². The van der Waals surface area contributed by atoms with E-state index in [1.54, 1.807) is 47.6 Å². The average Bonchev–Trinajstić information content (AvgIpc) is 2.26. The van der Waals surface area contributed by atoms with Crippen molar-refractivity contribution >= 4 is 70.4 Å². The molecule has 3 rings (SSSR count). The summed E-state index contributed by atoms with van der Waals surface area (Å²) in [4.78, 5) is 167. The Morgan fingerprint density at radius 1 is 0.682 bits per heavy atom. The molecule has 0 aromatic heterocycles. The molecule has 1 saturated heterocycles. The van der Waals surface area contributed by atoms with E-state index in [1.165, 1.54) is 13.8 Å². The fourth-order valence-electron chi connectivity index (χ4n) is 10.7. The van der Waals surface area contributed by atoms with E-state index in [0.29, 0.717) is 38.5 Å². The van der Waals surface area contributed by atoms with E-state index >= 15 is 0 Å². The van der Waals surface area contributed by atoms with E-state index in [-0.39, 0.29) is 31.1 Å². The van der Waals surface area contributed by atoms with Crippen molar-refractivity contribution in [2.75, 3.05) is 13.2 Å². The number of rotatable bonds is 34. The van der Waals surface area contributed by atoms with Crippen LogP contribution in [0.4, 0.5) is 0 Å². The second-order valence-electron chi connectivity index (χ2n) is 24.1. The van der Waals surface area contributed by atoms with Crippen LogP contribution in [-0.4, -0.2) is 136 Å². The number of aliphatic hydroxyl groups is 2. The molecule has 2 unspecified atom stereocenters. The summed E-state index contributed by atoms with van der Waals surface area (Å²) in [5.74, 6) is -15.6. The standard InChI is InChI=1S/C63H98N8O14/c1-13-34(7)45(30-47(74)46(24-25-51(64)78)66-58(81)42(32-72)28-49(76)52(35(8)14-2)67-57(80)41(17-5)27-40-22-20-19-21-23-40)60(83)68-53(36(9)15-3)50(77)29-43(33-73)59(82)69-55-39(12)65-61(84)54(37(10)16-4)70-62(85)63(31-44(63)18-6)71-56(79)38(11)26-48(55)75/h18-23,34-39,41-46,52-55,72-73H,6,13-17,24-33H2,1-5,7-12H3,(H2,64,78)(H,65,84)(H,66,81)(H,67,80)(H,68,83)(H,69,82)(H,70,85)(H,71,79)/t34-,35-,36-,37-,38+,39-,41+,42-,43-,44?,45+,46+,52-,53-,54-,55+,63?/m0/s1. The number of hydrogen-bond acceptors (Lipinski definition) is 14. The number of primary amides is 1. The zero-order valence-corrected chi connectivity index (χ0v) is 51.9. The van der Waals surface area contributed by atoms with Gasteiger partial charge >= 0.3 is 0 Å². The summed E-state index contributed by atoms with van der Waals surface area (Å²) in [7, 11) is 0. The molecule has 8 amide bonds. The fraction of sp³-hybridized carbons (Fsp3) is 0.683. The molecular weight excluding hydrogens is 1090 g/mol. The third-order valence-corrected chi connectivity index (χ3v) is 17.8. The lowest BCUT2D eigenvalue weighted by atomic mass is 9.83. The normalized spacial score (nSPS) is 23.9. The molecule has 1 aliphatic carbocycles. The summed E-state index contributed by atoms with van der Waals surface area (Å²) >= 11 is 0. The van der Waals surface area contributed by atoms with Crippen LogP contribution in [0.25, 0.3) is 0 Å². The van der Waals surface area contributed by atoms with Crippen LogP contribution in [-0.2, 0) is 64.0 Å². The van der Waals surface area contributed by atoms with Gasteiger partial charge < -0.3 is 53.2 Å². The minimum atomic E-state index is -1.48. The Labute approximate surface area is 501 Å². The Morgan fingerprint density at radius 3 is 1.72 bits per heavy atom. The van der Waals surface area contributed by atoms with E-state index in [9.17, 15) is 67.7 Å². The van der Waals surface area contributed by atoms with Gasteiger partial charge in [-0.1, -0.05) is 131 Å². The third kappa shape index (κ3) is 20.5. The summed E-state index contributed by atoms with van der Waals surface area (Å²) in [6.45, 7) is 21.1. The van der Waals surface area contributed by atoms with Crippen molar-refractivity contribution in [3.8, 4) is 0 Å². The summed E-state index contributed by atoms with van der Waals surface area (Å²) in [5.41, 5.74) is 5.07. The van der Waals surface area contributed by atoms with Crippen molar-refractivity contribution in [2.45, 2.75) is 201 Å². The molecule has 1 aliphatic heterocycles. The topological polar surface area (TPSA) is 356 Å². The number of Topliss-reactive ketones (excluding diaryl/α,β-unsaturated/α-hetero) is 4. The van der Waals surface area contributed by atoms with E-state index in [4.69, 9.17) is 5.73 Å². The highest BCUT2D eigenvalue weighted by atomic mass is 16.3. The maximum atomic E-state index is 14.5. The number of hydrogen-bond donors (Lipinski definition) is 10. The predicted molar refractivity (Wildman–Crippen MR) is 319 cm³/mol. The van der Waals surface area contributed by atoms with E-state index in [1.807, 2.05) is 51.1 Å². The zero-order chi connectivity index (χ0) is 64.0. The van der Waals surface area contributed by atoms with Gasteiger partial charge in [-0.2, -0.15) is 0 Å². The number of nitrogens with one attached hydrogen (secondary N) is 7. The van der Waals surface area contributed by atoms with Gasteiger partial charge in [0.05, 0.1) is 49.2 Å². The molecule has 2 fully saturated rings. The third-order valence-electron chi connectivity index (χ3n) is 17.8. The maximum absolute atomic E-state index is 14.5. The zero-order valence-electron chi connectivity index (χ0n) is 51.9. The van der Waals surface area contributed by atoms with Gasteiger partial charge in [0.2, 0.25) is 47.3 Å². The number of amides is 8. The average molecular weight is 1190 g/mol. The fourth-order valence-corrected chi connectivity index (χ4v) is 10.7. The molecular formula is C63H98N8O14. The molecule has 474 valence electrons. The van der Waals surface area contributed by atoms with Gasteiger partial charge in [-0.3, -0.25) is 57.5 Å². The first-order valence-corrected chi connectivity index (χ1v) is 30.5. The highest BCUT2D eigenvalue weighted by molar-refractivity contribution is 6.01. The monoisotopic (exact) mass is 1190 g/mol. The number of carbonyl (C=O) groups excluding carboxylic acids is 12. The number of ketones is 4. The molecule has 17 atom stereocenters. The van der Waals surface area contributed by atoms with Crippen molar-refractivity contribution in [3.05, 3.63) is 48.6 Å². The van der Waals surface area contributed by atoms with Crippen LogP contribution in [0.3, 0.4) is 0 Å². The highest BCUT2D eigenvalue weighted by Crippen LogP contribution is 2.45. The van der Waals surface area contributed by atoms with Gasteiger partial charge in [0.25, 0.3) is 0 Å². The Kier molecular flexibility index (Phi) is 29.4. The van der Waals surface area contributed by atoms with E-state index in [0.717, 1.165) is 5.56 Å². The van der Waals surface area contributed by atoms with Crippen molar-refractivity contribution in [1.29, 1.82) is 0 Å². The van der Waals surface area contributed by atoms with Crippen LogP contribution in [0.2, 0.25) is 0 Å². The second-order valence-corrected chi connectivity index (χ2v) is 24.1. The minimum absolute atomic E-state index is 0.238. The number of aliphatic hydroxyl groups excluding tert-OH is 2. The number of carbonyl (C=O) groups is 12.